The molecule has 2 heterocycles. The Kier molecular flexibility index (Phi) is 7.99. The Labute approximate surface area is 181 Å². The third-order valence-electron chi connectivity index (χ3n) is 5.85. The van der Waals surface area contributed by atoms with E-state index in [1.807, 2.05) is 0 Å². The van der Waals surface area contributed by atoms with Crippen LogP contribution >= 0.6 is 11.6 Å². The number of nitrogens with one attached hydrogen (secondary N) is 1. The predicted molar refractivity (Wildman–Crippen MR) is 110 cm³/mol. The van der Waals surface area contributed by atoms with E-state index in [2.05, 4.69) is 10.3 Å². The lowest BCUT2D eigenvalue weighted by Crippen LogP contribution is -2.49. The van der Waals surface area contributed by atoms with Gasteiger partial charge in [0.15, 0.2) is 0 Å². The lowest BCUT2D eigenvalue weighted by molar-refractivity contribution is -0.139. The van der Waals surface area contributed by atoms with Crippen LogP contribution in [0, 0.1) is 0 Å². The zero-order chi connectivity index (χ0) is 21.6. The largest absolute Gasteiger partial charge is 0.351 e. The number of rotatable bonds is 8. The smallest absolute Gasteiger partial charge is 0.261 e. The van der Waals surface area contributed by atoms with E-state index in [1.165, 1.54) is 4.90 Å². The van der Waals surface area contributed by atoms with Crippen molar-refractivity contribution in [3.05, 3.63) is 30.1 Å². The van der Waals surface area contributed by atoms with Gasteiger partial charge in [-0.3, -0.25) is 19.5 Å². The van der Waals surface area contributed by atoms with Gasteiger partial charge in [0.05, 0.1) is 6.54 Å². The van der Waals surface area contributed by atoms with Crippen LogP contribution in [0.5, 0.6) is 0 Å². The van der Waals surface area contributed by atoms with Gasteiger partial charge in [0, 0.05) is 50.1 Å². The second kappa shape index (κ2) is 10.5. The molecular formula is C21H29ClF2N4O2. The van der Waals surface area contributed by atoms with Gasteiger partial charge in [-0.25, -0.2) is 8.78 Å². The topological polar surface area (TPSA) is 65.5 Å². The van der Waals surface area contributed by atoms with Crippen LogP contribution < -0.4 is 5.32 Å². The number of hydrogen-bond donors (Lipinski definition) is 1. The summed E-state index contributed by atoms with van der Waals surface area (Å²) in [6, 6.07) is 2.64. The first-order chi connectivity index (χ1) is 14.4. The maximum atomic E-state index is 13.5. The van der Waals surface area contributed by atoms with E-state index in [4.69, 9.17) is 11.6 Å². The quantitative estimate of drug-likeness (QED) is 0.628. The zero-order valence-corrected chi connectivity index (χ0v) is 17.8. The van der Waals surface area contributed by atoms with Crippen LogP contribution in [-0.4, -0.2) is 70.6 Å². The highest BCUT2D eigenvalue weighted by molar-refractivity contribution is 6.27. The van der Waals surface area contributed by atoms with Gasteiger partial charge < -0.3 is 10.2 Å². The van der Waals surface area contributed by atoms with E-state index < -0.39 is 17.9 Å². The normalized spacial score (nSPS) is 20.6. The molecule has 1 N–H and O–H groups in total. The molecule has 1 unspecified atom stereocenters. The first kappa shape index (κ1) is 22.9. The predicted octanol–water partition coefficient (Wildman–Crippen LogP) is 2.98. The number of aromatic nitrogens is 1. The summed E-state index contributed by atoms with van der Waals surface area (Å²) in [5.41, 5.74) is 0.580. The Hall–Kier alpha value is -1.80. The van der Waals surface area contributed by atoms with Gasteiger partial charge in [-0.2, -0.15) is 0 Å². The van der Waals surface area contributed by atoms with E-state index in [0.29, 0.717) is 5.56 Å². The number of likely N-dealkylation sites (tertiary alicyclic amines) is 1. The van der Waals surface area contributed by atoms with Crippen molar-refractivity contribution in [1.82, 2.24) is 20.1 Å². The molecule has 1 saturated heterocycles. The Bertz CT molecular complexity index is 716. The van der Waals surface area contributed by atoms with Crippen molar-refractivity contribution in [2.45, 2.75) is 56.5 Å². The average molecular weight is 443 g/mol. The van der Waals surface area contributed by atoms with Crippen molar-refractivity contribution >= 4 is 23.4 Å². The molecule has 166 valence electrons. The third kappa shape index (κ3) is 6.11. The molecule has 2 aliphatic rings. The molecule has 0 spiro atoms. The van der Waals surface area contributed by atoms with Crippen LogP contribution in [0.15, 0.2) is 24.5 Å². The SMILES string of the molecule is O=C(NC1CCCCC1)C(c1cccnc1)N(CCN1CCC(F)(F)C1)C(=O)CCl. The minimum absolute atomic E-state index is 0.0793. The van der Waals surface area contributed by atoms with Crippen LogP contribution in [0.4, 0.5) is 8.78 Å². The second-order valence-electron chi connectivity index (χ2n) is 8.14. The molecule has 1 aromatic heterocycles. The van der Waals surface area contributed by atoms with Crippen molar-refractivity contribution in [2.24, 2.45) is 0 Å². The minimum Gasteiger partial charge on any atom is -0.351 e. The van der Waals surface area contributed by atoms with Crippen LogP contribution in [0.1, 0.15) is 50.1 Å². The molecule has 0 aromatic carbocycles. The summed E-state index contributed by atoms with van der Waals surface area (Å²) in [7, 11) is 0. The van der Waals surface area contributed by atoms with Crippen LogP contribution in [-0.2, 0) is 9.59 Å². The molecule has 30 heavy (non-hydrogen) atoms. The number of carbonyl (C=O) groups excluding carboxylic acids is 2. The molecule has 1 aromatic rings. The lowest BCUT2D eigenvalue weighted by atomic mass is 9.95. The van der Waals surface area contributed by atoms with Gasteiger partial charge >= 0.3 is 0 Å². The molecule has 9 heteroatoms. The van der Waals surface area contributed by atoms with Gasteiger partial charge in [-0.1, -0.05) is 25.3 Å². The molecule has 1 aliphatic carbocycles. The molecule has 1 saturated carbocycles. The average Bonchev–Trinajstić information content (AvgIpc) is 3.10. The van der Waals surface area contributed by atoms with Gasteiger partial charge in [0.2, 0.25) is 11.8 Å². The summed E-state index contributed by atoms with van der Waals surface area (Å²) in [5, 5.41) is 3.08. The number of amides is 2. The third-order valence-corrected chi connectivity index (χ3v) is 6.08. The first-order valence-electron chi connectivity index (χ1n) is 10.6. The fourth-order valence-corrected chi connectivity index (χ4v) is 4.41. The molecule has 6 nitrogen and oxygen atoms in total. The molecule has 0 bridgehead atoms. The number of alkyl halides is 3. The maximum Gasteiger partial charge on any atom is 0.261 e. The number of halogens is 3. The van der Waals surface area contributed by atoms with Crippen molar-refractivity contribution in [3.63, 3.8) is 0 Å². The van der Waals surface area contributed by atoms with Crippen molar-refractivity contribution < 1.29 is 18.4 Å². The summed E-state index contributed by atoms with van der Waals surface area (Å²) in [6.07, 6.45) is 8.09. The van der Waals surface area contributed by atoms with Gasteiger partial charge in [0.1, 0.15) is 11.9 Å². The highest BCUT2D eigenvalue weighted by Crippen LogP contribution is 2.28. The number of pyridine rings is 1. The number of carbonyl (C=O) groups is 2. The van der Waals surface area contributed by atoms with Crippen LogP contribution in [0.3, 0.4) is 0 Å². The molecule has 2 fully saturated rings. The summed E-state index contributed by atoms with van der Waals surface area (Å²) < 4.78 is 27.1. The molecular weight excluding hydrogens is 414 g/mol. The maximum absolute atomic E-state index is 13.5. The van der Waals surface area contributed by atoms with E-state index in [0.717, 1.165) is 32.1 Å². The van der Waals surface area contributed by atoms with Gasteiger partial charge in [-0.05, 0) is 18.9 Å². The van der Waals surface area contributed by atoms with Crippen molar-refractivity contribution in [1.29, 1.82) is 0 Å². The highest BCUT2D eigenvalue weighted by atomic mass is 35.5. The van der Waals surface area contributed by atoms with Crippen molar-refractivity contribution in [3.8, 4) is 0 Å². The monoisotopic (exact) mass is 442 g/mol. The molecule has 1 aliphatic heterocycles. The summed E-state index contributed by atoms with van der Waals surface area (Å²) in [5.74, 6) is -3.68. The molecule has 0 radical (unpaired) electrons. The molecule has 1 atom stereocenters. The van der Waals surface area contributed by atoms with Gasteiger partial charge in [0.25, 0.3) is 5.92 Å². The van der Waals surface area contributed by atoms with E-state index in [1.54, 1.807) is 29.4 Å². The van der Waals surface area contributed by atoms with E-state index in [9.17, 15) is 18.4 Å². The number of hydrogen-bond acceptors (Lipinski definition) is 4. The number of nitrogens with zero attached hydrogens (tertiary/aromatic N) is 3. The fourth-order valence-electron chi connectivity index (χ4n) is 4.26. The minimum atomic E-state index is -2.71. The Balaban J connectivity index is 1.77. The zero-order valence-electron chi connectivity index (χ0n) is 17.0. The lowest BCUT2D eigenvalue weighted by Gasteiger charge is -2.34. The highest BCUT2D eigenvalue weighted by Gasteiger charge is 2.39. The standard InChI is InChI=1S/C21H29ClF2N4O2/c22-13-18(29)28(12-11-27-10-8-21(23,24)15-27)19(16-5-4-9-25-14-16)20(30)26-17-6-2-1-3-7-17/h4-5,9,14,17,19H,1-3,6-8,10-13,15H2,(H,26,30). The summed E-state index contributed by atoms with van der Waals surface area (Å²) in [4.78, 5) is 33.1. The Morgan fingerprint density at radius 3 is 2.70 bits per heavy atom. The Morgan fingerprint density at radius 1 is 1.33 bits per heavy atom. The summed E-state index contributed by atoms with van der Waals surface area (Å²) >= 11 is 5.84. The fraction of sp³-hybridized carbons (Fsp3) is 0.667. The summed E-state index contributed by atoms with van der Waals surface area (Å²) in [6.45, 7) is 0.328. The van der Waals surface area contributed by atoms with E-state index in [-0.39, 0.29) is 50.4 Å². The second-order valence-corrected chi connectivity index (χ2v) is 8.40. The van der Waals surface area contributed by atoms with Crippen LogP contribution in [0.2, 0.25) is 0 Å². The molecule has 2 amide bonds. The Morgan fingerprint density at radius 2 is 2.10 bits per heavy atom. The molecule has 3 rings (SSSR count). The van der Waals surface area contributed by atoms with Crippen molar-refractivity contribution in [2.75, 3.05) is 32.1 Å². The van der Waals surface area contributed by atoms with Crippen LogP contribution in [0.25, 0.3) is 0 Å². The van der Waals surface area contributed by atoms with E-state index >= 15 is 0 Å². The first-order valence-corrected chi connectivity index (χ1v) is 11.1. The van der Waals surface area contributed by atoms with Gasteiger partial charge in [-0.15, -0.1) is 11.6 Å².